The highest BCUT2D eigenvalue weighted by Gasteiger charge is 2.38. The summed E-state index contributed by atoms with van der Waals surface area (Å²) in [5.41, 5.74) is 2.29. The average molecular weight is 550 g/mol. The number of hydrogen-bond donors (Lipinski definition) is 3. The number of alkyl halides is 6. The number of rotatable bonds is 4. The minimum absolute atomic E-state index is 0.846. The number of H-pyrrole nitrogens is 1. The molecule has 38 heavy (non-hydrogen) atoms. The Labute approximate surface area is 211 Å². The Balaban J connectivity index is 0.000000301. The summed E-state index contributed by atoms with van der Waals surface area (Å²) < 4.78 is 63.5. The van der Waals surface area contributed by atoms with Crippen molar-refractivity contribution in [3.63, 3.8) is 0 Å². The zero-order valence-electron chi connectivity index (χ0n) is 19.7. The SMILES string of the molecule is O=C(O)C(F)(F)F.O=C(O)C(F)(F)F.c1cnc(N2CCCN(CCc3[nH]nc4ccccc34)CC2)nc1. The molecule has 1 aliphatic rings. The van der Waals surface area contributed by atoms with Crippen LogP contribution in [0.2, 0.25) is 0 Å². The summed E-state index contributed by atoms with van der Waals surface area (Å²) in [6.45, 7) is 5.22. The summed E-state index contributed by atoms with van der Waals surface area (Å²) in [6.07, 6.45) is -4.40. The molecule has 0 unspecified atom stereocenters. The van der Waals surface area contributed by atoms with E-state index in [1.54, 1.807) is 0 Å². The summed E-state index contributed by atoms with van der Waals surface area (Å²) in [5.74, 6) is -4.67. The van der Waals surface area contributed by atoms with Crippen molar-refractivity contribution >= 4 is 28.8 Å². The van der Waals surface area contributed by atoms with E-state index in [0.29, 0.717) is 0 Å². The molecule has 10 nitrogen and oxygen atoms in total. The van der Waals surface area contributed by atoms with Crippen LogP contribution in [0.1, 0.15) is 12.1 Å². The van der Waals surface area contributed by atoms with Crippen molar-refractivity contribution in [2.75, 3.05) is 37.6 Å². The molecule has 0 amide bonds. The lowest BCUT2D eigenvalue weighted by atomic mass is 10.1. The number of nitrogens with zero attached hydrogens (tertiary/aromatic N) is 5. The summed E-state index contributed by atoms with van der Waals surface area (Å²) in [7, 11) is 0. The zero-order valence-corrected chi connectivity index (χ0v) is 19.7. The molecule has 1 saturated heterocycles. The fraction of sp³-hybridized carbons (Fsp3) is 0.409. The highest BCUT2D eigenvalue weighted by molar-refractivity contribution is 5.81. The van der Waals surface area contributed by atoms with Gasteiger partial charge in [0.2, 0.25) is 5.95 Å². The first kappa shape index (κ1) is 30.3. The summed E-state index contributed by atoms with van der Waals surface area (Å²) in [6, 6.07) is 10.2. The van der Waals surface area contributed by atoms with E-state index in [1.165, 1.54) is 11.1 Å². The van der Waals surface area contributed by atoms with Crippen LogP contribution in [-0.2, 0) is 16.0 Å². The van der Waals surface area contributed by atoms with Crippen LogP contribution in [0.4, 0.5) is 32.3 Å². The largest absolute Gasteiger partial charge is 0.490 e. The lowest BCUT2D eigenvalue weighted by Gasteiger charge is -2.21. The van der Waals surface area contributed by atoms with E-state index in [1.807, 2.05) is 24.5 Å². The van der Waals surface area contributed by atoms with Gasteiger partial charge in [0, 0.05) is 56.1 Å². The van der Waals surface area contributed by atoms with Gasteiger partial charge in [-0.2, -0.15) is 31.4 Å². The molecule has 16 heteroatoms. The van der Waals surface area contributed by atoms with Crippen molar-refractivity contribution in [1.82, 2.24) is 25.1 Å². The van der Waals surface area contributed by atoms with Gasteiger partial charge in [-0.25, -0.2) is 19.6 Å². The maximum atomic E-state index is 10.6. The van der Waals surface area contributed by atoms with Crippen LogP contribution in [0.5, 0.6) is 0 Å². The third-order valence-corrected chi connectivity index (χ3v) is 5.13. The van der Waals surface area contributed by atoms with Crippen LogP contribution in [0.15, 0.2) is 42.7 Å². The number of aromatic amines is 1. The van der Waals surface area contributed by atoms with Gasteiger partial charge in [0.15, 0.2) is 0 Å². The second-order valence-electron chi connectivity index (χ2n) is 7.81. The van der Waals surface area contributed by atoms with E-state index in [9.17, 15) is 26.3 Å². The third kappa shape index (κ3) is 9.84. The molecule has 0 atom stereocenters. The Hall–Kier alpha value is -3.95. The first-order valence-corrected chi connectivity index (χ1v) is 11.1. The number of aliphatic carboxylic acids is 2. The van der Waals surface area contributed by atoms with Gasteiger partial charge in [-0.15, -0.1) is 0 Å². The molecule has 3 aromatic rings. The summed E-state index contributed by atoms with van der Waals surface area (Å²) >= 11 is 0. The minimum Gasteiger partial charge on any atom is -0.475 e. The van der Waals surface area contributed by atoms with Crippen molar-refractivity contribution in [2.24, 2.45) is 0 Å². The van der Waals surface area contributed by atoms with Crippen LogP contribution in [0.3, 0.4) is 0 Å². The Morgan fingerprint density at radius 2 is 1.45 bits per heavy atom. The van der Waals surface area contributed by atoms with Crippen molar-refractivity contribution in [2.45, 2.75) is 25.2 Å². The van der Waals surface area contributed by atoms with E-state index in [-0.39, 0.29) is 0 Å². The first-order chi connectivity index (χ1) is 17.8. The first-order valence-electron chi connectivity index (χ1n) is 11.1. The number of halogens is 6. The fourth-order valence-corrected chi connectivity index (χ4v) is 3.32. The van der Waals surface area contributed by atoms with Gasteiger partial charge < -0.3 is 20.0 Å². The number of para-hydroxylation sites is 1. The molecule has 208 valence electrons. The Morgan fingerprint density at radius 1 is 0.868 bits per heavy atom. The number of benzene rings is 1. The lowest BCUT2D eigenvalue weighted by molar-refractivity contribution is -0.193. The number of carbonyl (C=O) groups is 2. The van der Waals surface area contributed by atoms with Gasteiger partial charge in [0.1, 0.15) is 0 Å². The number of carboxylic acid groups (broad SMARTS) is 2. The number of anilines is 1. The second kappa shape index (κ2) is 13.6. The van der Waals surface area contributed by atoms with Crippen molar-refractivity contribution < 1.29 is 46.1 Å². The molecule has 0 radical (unpaired) electrons. The number of aromatic nitrogens is 4. The van der Waals surface area contributed by atoms with E-state index in [4.69, 9.17) is 19.8 Å². The molecule has 1 fully saturated rings. The van der Waals surface area contributed by atoms with E-state index < -0.39 is 24.3 Å². The van der Waals surface area contributed by atoms with Crippen LogP contribution in [0.25, 0.3) is 10.9 Å². The highest BCUT2D eigenvalue weighted by atomic mass is 19.4. The van der Waals surface area contributed by atoms with Gasteiger partial charge >= 0.3 is 24.3 Å². The van der Waals surface area contributed by atoms with Crippen LogP contribution in [0, 0.1) is 0 Å². The van der Waals surface area contributed by atoms with Gasteiger partial charge in [-0.05, 0) is 25.1 Å². The topological polar surface area (TPSA) is 136 Å². The van der Waals surface area contributed by atoms with Gasteiger partial charge in [-0.1, -0.05) is 18.2 Å². The molecular formula is C22H24F6N6O4. The van der Waals surface area contributed by atoms with Crippen molar-refractivity contribution in [3.8, 4) is 0 Å². The second-order valence-corrected chi connectivity index (χ2v) is 7.81. The normalized spacial score (nSPS) is 14.5. The van der Waals surface area contributed by atoms with Crippen molar-refractivity contribution in [3.05, 3.63) is 48.4 Å². The maximum absolute atomic E-state index is 10.6. The molecule has 2 aromatic heterocycles. The molecule has 0 bridgehead atoms. The molecule has 0 saturated carbocycles. The minimum atomic E-state index is -5.08. The van der Waals surface area contributed by atoms with E-state index in [0.717, 1.165) is 57.0 Å². The molecule has 3 N–H and O–H groups in total. The number of hydrogen-bond acceptors (Lipinski definition) is 7. The van der Waals surface area contributed by atoms with Gasteiger partial charge in [0.25, 0.3) is 0 Å². The number of carboxylic acids is 2. The van der Waals surface area contributed by atoms with E-state index in [2.05, 4.69) is 48.2 Å². The summed E-state index contributed by atoms with van der Waals surface area (Å²) in [5, 5.41) is 23.1. The molecule has 0 aliphatic carbocycles. The molecular weight excluding hydrogens is 526 g/mol. The maximum Gasteiger partial charge on any atom is 0.490 e. The van der Waals surface area contributed by atoms with Gasteiger partial charge in [0.05, 0.1) is 5.52 Å². The van der Waals surface area contributed by atoms with Crippen molar-refractivity contribution in [1.29, 1.82) is 0 Å². The number of fused-ring (bicyclic) bond motifs is 1. The van der Waals surface area contributed by atoms with Crippen LogP contribution >= 0.6 is 0 Å². The molecule has 4 rings (SSSR count). The predicted molar refractivity (Wildman–Crippen MR) is 122 cm³/mol. The third-order valence-electron chi connectivity index (χ3n) is 5.13. The molecule has 1 aromatic carbocycles. The predicted octanol–water partition coefficient (Wildman–Crippen LogP) is 3.37. The highest BCUT2D eigenvalue weighted by Crippen LogP contribution is 2.17. The van der Waals surface area contributed by atoms with Gasteiger partial charge in [-0.3, -0.25) is 5.10 Å². The summed E-state index contributed by atoms with van der Waals surface area (Å²) in [4.78, 5) is 31.3. The number of nitrogens with one attached hydrogen (secondary N) is 1. The fourth-order valence-electron chi connectivity index (χ4n) is 3.32. The molecule has 1 aliphatic heterocycles. The quantitative estimate of drug-likeness (QED) is 0.418. The van der Waals surface area contributed by atoms with E-state index >= 15 is 0 Å². The Morgan fingerprint density at radius 3 is 2.03 bits per heavy atom. The standard InChI is InChI=1S/C18H22N6.2C2HF3O2/c1-2-6-16-15(5-1)17(22-21-16)7-12-23-10-4-11-24(14-13-23)18-19-8-3-9-20-18;2*3-2(4,5)1(6)7/h1-3,5-6,8-9H,4,7,10-14H2,(H,21,22);2*(H,6,7). The molecule has 0 spiro atoms. The average Bonchev–Trinajstić information content (AvgIpc) is 3.12. The zero-order chi connectivity index (χ0) is 28.3. The van der Waals surface area contributed by atoms with Crippen LogP contribution in [-0.4, -0.2) is 92.3 Å². The molecule has 3 heterocycles. The Bertz CT molecular complexity index is 1150. The van der Waals surface area contributed by atoms with Crippen LogP contribution < -0.4 is 4.90 Å². The monoisotopic (exact) mass is 550 g/mol. The lowest BCUT2D eigenvalue weighted by Crippen LogP contribution is -2.32. The Kier molecular flexibility index (Phi) is 10.8. The smallest absolute Gasteiger partial charge is 0.475 e.